The molecule has 3 heterocycles. The van der Waals surface area contributed by atoms with Gasteiger partial charge in [-0.2, -0.15) is 0 Å². The molecule has 0 unspecified atom stereocenters. The second-order valence-electron chi connectivity index (χ2n) is 13.4. The Labute approximate surface area is 319 Å². The van der Waals surface area contributed by atoms with Crippen LogP contribution in [0.3, 0.4) is 0 Å². The summed E-state index contributed by atoms with van der Waals surface area (Å²) < 4.78 is 23.1. The van der Waals surface area contributed by atoms with Crippen LogP contribution >= 0.6 is 0 Å². The molecule has 3 aliphatic heterocycles. The van der Waals surface area contributed by atoms with E-state index >= 15 is 0 Å². The van der Waals surface area contributed by atoms with E-state index in [2.05, 4.69) is 5.32 Å². The molecular weight excluding hydrogens is 673 g/mol. The molecular formula is C37H46NNaO12. The van der Waals surface area contributed by atoms with Gasteiger partial charge in [0.15, 0.2) is 5.75 Å². The zero-order valence-corrected chi connectivity index (χ0v) is 32.6. The number of carbonyl (C=O) groups excluding carboxylic acids is 3. The Bertz CT molecular complexity index is 1770. The van der Waals surface area contributed by atoms with Gasteiger partial charge in [-0.3, -0.25) is 14.4 Å². The second kappa shape index (κ2) is 16.4. The van der Waals surface area contributed by atoms with Crippen molar-refractivity contribution in [1.82, 2.24) is 0 Å². The van der Waals surface area contributed by atoms with E-state index in [0.29, 0.717) is 0 Å². The van der Waals surface area contributed by atoms with E-state index in [1.807, 2.05) is 0 Å². The van der Waals surface area contributed by atoms with Gasteiger partial charge in [-0.05, 0) is 31.4 Å². The number of hydrogen-bond donors (Lipinski definition) is 5. The number of aliphatic hydroxyl groups is 2. The van der Waals surface area contributed by atoms with Crippen LogP contribution in [-0.4, -0.2) is 75.4 Å². The van der Waals surface area contributed by atoms with Crippen LogP contribution < -0.4 is 44.7 Å². The fraction of sp³-hybridized carbons (Fsp3) is 0.486. The Hall–Kier alpha value is -3.59. The summed E-state index contributed by atoms with van der Waals surface area (Å²) in [7, 11) is 1.43. The number of ether oxygens (including phenoxy) is 4. The maximum Gasteiger partial charge on any atom is 1.00 e. The van der Waals surface area contributed by atoms with Gasteiger partial charge in [0.2, 0.25) is 0 Å². The van der Waals surface area contributed by atoms with E-state index in [4.69, 9.17) is 18.9 Å². The molecule has 13 nitrogen and oxygen atoms in total. The molecule has 51 heavy (non-hydrogen) atoms. The molecule has 5 N–H and O–H groups in total. The summed E-state index contributed by atoms with van der Waals surface area (Å²) in [5.74, 6) is -8.49. The molecule has 0 saturated heterocycles. The monoisotopic (exact) mass is 719 g/mol. The summed E-state index contributed by atoms with van der Waals surface area (Å²) in [6.45, 7) is 12.4. The van der Waals surface area contributed by atoms with Crippen molar-refractivity contribution in [2.24, 2.45) is 23.7 Å². The number of aromatic hydroxyl groups is 2. The predicted octanol–water partition coefficient (Wildman–Crippen LogP) is 1.13. The molecule has 2 aromatic carbocycles. The summed E-state index contributed by atoms with van der Waals surface area (Å²) in [5.41, 5.74) is -0.266. The van der Waals surface area contributed by atoms with Crippen molar-refractivity contribution in [1.29, 1.82) is 0 Å². The minimum absolute atomic E-state index is 0. The van der Waals surface area contributed by atoms with Crippen LogP contribution in [0.1, 0.15) is 64.4 Å². The molecule has 9 atom stereocenters. The third kappa shape index (κ3) is 8.08. The molecule has 5 rings (SSSR count). The first-order chi connectivity index (χ1) is 23.4. The Balaban J connectivity index is 0.00000702. The van der Waals surface area contributed by atoms with Crippen LogP contribution in [0.25, 0.3) is 10.8 Å². The van der Waals surface area contributed by atoms with Gasteiger partial charge in [0.1, 0.15) is 17.6 Å². The molecule has 0 aliphatic carbocycles. The van der Waals surface area contributed by atoms with Crippen molar-refractivity contribution < 1.29 is 88.4 Å². The van der Waals surface area contributed by atoms with Gasteiger partial charge in [0.05, 0.1) is 41.2 Å². The average Bonchev–Trinajstić information content (AvgIpc) is 3.33. The quantitative estimate of drug-likeness (QED) is 0.168. The van der Waals surface area contributed by atoms with Crippen molar-refractivity contribution in [3.05, 3.63) is 53.3 Å². The maximum atomic E-state index is 13.9. The largest absolute Gasteiger partial charge is 1.00 e. The minimum Gasteiger partial charge on any atom is -0.872 e. The number of nitrogens with one attached hydrogen (secondary N) is 1. The van der Waals surface area contributed by atoms with Gasteiger partial charge < -0.3 is 49.8 Å². The van der Waals surface area contributed by atoms with Crippen molar-refractivity contribution in [3.8, 4) is 23.0 Å². The standard InChI is InChI=1S/C37H47NO12.Na/c1-16-11-10-12-17(2)36(46)38-23-15-24(40)26-27(32(23)44)31(43)21(6)34-28(26)35(45)37(8,50-34)48-14-13-25(47-9)18(3)33(49-22(7)39)20(5)30(42)19(4)29(16)41;/h10-16,18-20,25,29-30,33,40-44H,1-9H3,(H,38,46);/q;+1/p-1/b11-10-,14-13-,17-12-;/t16-,18+,19+,20+,25-,29-,30+,33+,37-;/m0./s1. The molecule has 0 aromatic heterocycles. The van der Waals surface area contributed by atoms with Gasteiger partial charge >= 0.3 is 41.3 Å². The van der Waals surface area contributed by atoms with E-state index in [-0.39, 0.29) is 68.5 Å². The minimum atomic E-state index is -2.01. The van der Waals surface area contributed by atoms with Gasteiger partial charge in [-0.1, -0.05) is 51.7 Å². The number of phenols is 2. The van der Waals surface area contributed by atoms with Crippen LogP contribution in [0.5, 0.6) is 23.0 Å². The average molecular weight is 720 g/mol. The summed E-state index contributed by atoms with van der Waals surface area (Å²) in [6, 6.07) is 0.951. The summed E-state index contributed by atoms with van der Waals surface area (Å²) >= 11 is 0. The molecule has 0 radical (unpaired) electrons. The summed E-state index contributed by atoms with van der Waals surface area (Å²) in [6.07, 6.45) is 3.52. The van der Waals surface area contributed by atoms with E-state index < -0.39 is 88.8 Å². The molecule has 5 bridgehead atoms. The molecule has 0 spiro atoms. The predicted molar refractivity (Wildman–Crippen MR) is 182 cm³/mol. The molecule has 0 saturated carbocycles. The van der Waals surface area contributed by atoms with Crippen LogP contribution in [0, 0.1) is 30.6 Å². The Morgan fingerprint density at radius 2 is 1.63 bits per heavy atom. The molecule has 0 fully saturated rings. The van der Waals surface area contributed by atoms with Crippen molar-refractivity contribution in [2.45, 2.75) is 85.6 Å². The molecule has 2 aromatic rings. The Morgan fingerprint density at radius 3 is 2.24 bits per heavy atom. The second-order valence-corrected chi connectivity index (χ2v) is 13.4. The molecule has 272 valence electrons. The fourth-order valence-electron chi connectivity index (χ4n) is 6.63. The number of fused-ring (bicyclic) bond motifs is 14. The van der Waals surface area contributed by atoms with Crippen LogP contribution in [-0.2, 0) is 23.8 Å². The number of hydrogen-bond acceptors (Lipinski definition) is 12. The first-order valence-electron chi connectivity index (χ1n) is 16.4. The number of phenolic OH excluding ortho intramolecular Hbond substituents is 2. The number of Topliss-reactive ketones (excluding diaryl/α,β-unsaturated/α-hetero) is 1. The SMILES string of the molecule is CO[C@H]1/C=C\O[C@@]2(C)Oc3c(C)c(O)c4c(O)c(cc([O-])c4c3C2=O)NC(=O)/C(C)=C\C=C/[C@H](C)[C@H](O)[C@@H](C)[C@@H](O)[C@@H](C)[C@H](OC(C)=O)[C@@H]1C.[Na+]. The Morgan fingerprint density at radius 1 is 0.980 bits per heavy atom. The summed E-state index contributed by atoms with van der Waals surface area (Å²) in [4.78, 5) is 39.2. The number of carbonyl (C=O) groups is 3. The Kier molecular flexibility index (Phi) is 13.4. The molecule has 3 aliphatic rings. The number of methoxy groups -OCH3 is 1. The van der Waals surface area contributed by atoms with Crippen molar-refractivity contribution in [2.75, 3.05) is 12.4 Å². The van der Waals surface area contributed by atoms with Gasteiger partial charge in [-0.25, -0.2) is 0 Å². The fourth-order valence-corrected chi connectivity index (χ4v) is 6.63. The van der Waals surface area contributed by atoms with Crippen molar-refractivity contribution in [3.63, 3.8) is 0 Å². The van der Waals surface area contributed by atoms with E-state index in [0.717, 1.165) is 6.07 Å². The zero-order valence-electron chi connectivity index (χ0n) is 30.6. The van der Waals surface area contributed by atoms with E-state index in [9.17, 15) is 39.9 Å². The number of rotatable bonds is 2. The van der Waals surface area contributed by atoms with E-state index in [1.54, 1.807) is 39.8 Å². The summed E-state index contributed by atoms with van der Waals surface area (Å²) in [5, 5.41) is 60.2. The van der Waals surface area contributed by atoms with Crippen LogP contribution in [0.4, 0.5) is 5.69 Å². The number of benzene rings is 2. The number of amides is 1. The number of aliphatic hydroxyl groups excluding tert-OH is 2. The smallest absolute Gasteiger partial charge is 0.872 e. The molecule has 1 amide bonds. The van der Waals surface area contributed by atoms with Crippen LogP contribution in [0.15, 0.2) is 42.2 Å². The third-order valence-electron chi connectivity index (χ3n) is 9.82. The number of ketones is 1. The van der Waals surface area contributed by atoms with Crippen molar-refractivity contribution >= 4 is 34.1 Å². The first kappa shape index (κ1) is 41.8. The van der Waals surface area contributed by atoms with Gasteiger partial charge in [0.25, 0.3) is 11.7 Å². The number of allylic oxidation sites excluding steroid dienone is 2. The number of anilines is 1. The van der Waals surface area contributed by atoms with Crippen LogP contribution in [0.2, 0.25) is 0 Å². The normalized spacial score (nSPS) is 32.6. The van der Waals surface area contributed by atoms with Gasteiger partial charge in [-0.15, -0.1) is 0 Å². The number of esters is 1. The molecule has 14 heteroatoms. The zero-order chi connectivity index (χ0) is 37.4. The topological polar surface area (TPSA) is 204 Å². The van der Waals surface area contributed by atoms with E-state index in [1.165, 1.54) is 53.2 Å². The third-order valence-corrected chi connectivity index (χ3v) is 9.82. The first-order valence-corrected chi connectivity index (χ1v) is 16.4. The van der Waals surface area contributed by atoms with Gasteiger partial charge in [0, 0.05) is 55.8 Å². The maximum absolute atomic E-state index is 13.9.